The van der Waals surface area contributed by atoms with Gasteiger partial charge in [-0.1, -0.05) is 34.7 Å². The highest BCUT2D eigenvalue weighted by atomic mass is 35.5. The zero-order valence-electron chi connectivity index (χ0n) is 14.7. The van der Waals surface area contributed by atoms with E-state index in [1.807, 2.05) is 6.92 Å². The molecule has 0 unspecified atom stereocenters. The SMILES string of the molecule is CC(C)(C=O)Sc1cnc(NC(=O)c2nc(Cl)ccc2F)s1.CCOC. The van der Waals surface area contributed by atoms with Crippen molar-refractivity contribution < 1.29 is 18.7 Å². The molecule has 0 bridgehead atoms. The summed E-state index contributed by atoms with van der Waals surface area (Å²) in [6.45, 7) is 6.32. The Labute approximate surface area is 164 Å². The van der Waals surface area contributed by atoms with Crippen LogP contribution in [-0.4, -0.2) is 40.6 Å². The number of aldehydes is 1. The lowest BCUT2D eigenvalue weighted by Crippen LogP contribution is -2.15. The van der Waals surface area contributed by atoms with Crippen LogP contribution in [0.1, 0.15) is 31.3 Å². The monoisotopic (exact) mass is 419 g/mol. The van der Waals surface area contributed by atoms with Crippen molar-refractivity contribution in [2.45, 2.75) is 29.7 Å². The first-order valence-electron chi connectivity index (χ1n) is 7.46. The number of hydrogen-bond acceptors (Lipinski definition) is 7. The average Bonchev–Trinajstić information content (AvgIpc) is 3.03. The van der Waals surface area contributed by atoms with Crippen LogP contribution < -0.4 is 5.32 Å². The predicted octanol–water partition coefficient (Wildman–Crippen LogP) is 4.31. The first kappa shape index (κ1) is 22.5. The van der Waals surface area contributed by atoms with Gasteiger partial charge in [-0.3, -0.25) is 10.1 Å². The lowest BCUT2D eigenvalue weighted by Gasteiger charge is -2.13. The minimum Gasteiger partial charge on any atom is -0.385 e. The van der Waals surface area contributed by atoms with Crippen molar-refractivity contribution in [3.8, 4) is 0 Å². The Hall–Kier alpha value is -1.55. The minimum absolute atomic E-state index is 0.0228. The number of halogens is 2. The summed E-state index contributed by atoms with van der Waals surface area (Å²) < 4.78 is 18.3. The van der Waals surface area contributed by atoms with Gasteiger partial charge < -0.3 is 9.53 Å². The van der Waals surface area contributed by atoms with Crippen molar-refractivity contribution in [1.82, 2.24) is 9.97 Å². The van der Waals surface area contributed by atoms with Gasteiger partial charge in [0.1, 0.15) is 11.4 Å². The number of anilines is 1. The van der Waals surface area contributed by atoms with Crippen molar-refractivity contribution in [2.24, 2.45) is 0 Å². The maximum Gasteiger partial charge on any atom is 0.279 e. The number of thiazole rings is 1. The number of carbonyl (C=O) groups is 2. The number of rotatable bonds is 6. The average molecular weight is 420 g/mol. The Morgan fingerprint density at radius 1 is 1.50 bits per heavy atom. The zero-order valence-corrected chi connectivity index (χ0v) is 17.1. The summed E-state index contributed by atoms with van der Waals surface area (Å²) >= 11 is 8.16. The molecule has 10 heteroatoms. The van der Waals surface area contributed by atoms with E-state index in [0.29, 0.717) is 0 Å². The molecule has 0 aliphatic heterocycles. The first-order chi connectivity index (χ1) is 12.2. The summed E-state index contributed by atoms with van der Waals surface area (Å²) in [4.78, 5) is 30.5. The highest BCUT2D eigenvalue weighted by Crippen LogP contribution is 2.36. The summed E-state index contributed by atoms with van der Waals surface area (Å²) in [5.41, 5.74) is -0.398. The van der Waals surface area contributed by atoms with E-state index in [-0.39, 0.29) is 10.3 Å². The molecule has 0 aliphatic carbocycles. The fraction of sp³-hybridized carbons (Fsp3) is 0.375. The molecule has 0 atom stereocenters. The molecule has 0 spiro atoms. The van der Waals surface area contributed by atoms with Gasteiger partial charge in [0.05, 0.1) is 15.2 Å². The number of pyridine rings is 1. The standard InChI is InChI=1S/C13H11ClFN3O2S2.C3H8O/c1-13(2,6-19)22-9-5-16-12(21-9)18-11(20)10-7(15)3-4-8(14)17-10;1-3-4-2/h3-6H,1-2H3,(H,16,18,20);3H2,1-2H3. The molecular formula is C16H19ClFN3O3S2. The fourth-order valence-corrected chi connectivity index (χ4v) is 3.79. The number of nitrogens with zero attached hydrogens (tertiary/aromatic N) is 2. The van der Waals surface area contributed by atoms with Gasteiger partial charge in [0.2, 0.25) is 0 Å². The molecule has 2 rings (SSSR count). The second kappa shape index (κ2) is 10.6. The predicted molar refractivity (Wildman–Crippen MR) is 103 cm³/mol. The summed E-state index contributed by atoms with van der Waals surface area (Å²) in [6.07, 6.45) is 2.37. The van der Waals surface area contributed by atoms with Crippen LogP contribution >= 0.6 is 34.7 Å². The van der Waals surface area contributed by atoms with E-state index in [1.165, 1.54) is 35.4 Å². The molecule has 1 amide bonds. The van der Waals surface area contributed by atoms with Crippen LogP contribution in [-0.2, 0) is 9.53 Å². The molecule has 0 aliphatic rings. The third-order valence-corrected chi connectivity index (χ3v) is 5.02. The highest BCUT2D eigenvalue weighted by Gasteiger charge is 2.21. The zero-order chi connectivity index (χ0) is 19.7. The van der Waals surface area contributed by atoms with E-state index in [0.717, 1.165) is 23.2 Å². The maximum absolute atomic E-state index is 13.6. The Morgan fingerprint density at radius 3 is 2.73 bits per heavy atom. The maximum atomic E-state index is 13.6. The van der Waals surface area contributed by atoms with Gasteiger partial charge in [0.15, 0.2) is 16.6 Å². The number of aromatic nitrogens is 2. The Morgan fingerprint density at radius 2 is 2.15 bits per heavy atom. The Kier molecular flexibility index (Phi) is 9.14. The van der Waals surface area contributed by atoms with Gasteiger partial charge in [-0.2, -0.15) is 0 Å². The summed E-state index contributed by atoms with van der Waals surface area (Å²) in [7, 11) is 1.68. The van der Waals surface area contributed by atoms with Crippen molar-refractivity contribution >= 4 is 52.0 Å². The van der Waals surface area contributed by atoms with E-state index >= 15 is 0 Å². The van der Waals surface area contributed by atoms with E-state index in [4.69, 9.17) is 11.6 Å². The summed E-state index contributed by atoms with van der Waals surface area (Å²) in [5, 5.41) is 2.77. The molecule has 26 heavy (non-hydrogen) atoms. The highest BCUT2D eigenvalue weighted by molar-refractivity contribution is 8.03. The largest absolute Gasteiger partial charge is 0.385 e. The van der Waals surface area contributed by atoms with E-state index in [9.17, 15) is 14.0 Å². The first-order valence-corrected chi connectivity index (χ1v) is 9.47. The van der Waals surface area contributed by atoms with Crippen molar-refractivity contribution in [3.05, 3.63) is 35.0 Å². The van der Waals surface area contributed by atoms with Gasteiger partial charge in [-0.25, -0.2) is 14.4 Å². The van der Waals surface area contributed by atoms with Crippen LogP contribution in [0, 0.1) is 5.82 Å². The van der Waals surface area contributed by atoms with E-state index in [2.05, 4.69) is 20.0 Å². The minimum atomic E-state index is -0.768. The summed E-state index contributed by atoms with van der Waals surface area (Å²) in [5.74, 6) is -1.50. The normalized spacial score (nSPS) is 10.7. The third kappa shape index (κ3) is 7.36. The lowest BCUT2D eigenvalue weighted by atomic mass is 10.2. The van der Waals surface area contributed by atoms with Crippen molar-refractivity contribution in [3.63, 3.8) is 0 Å². The Balaban J connectivity index is 0.000000765. The number of hydrogen-bond donors (Lipinski definition) is 1. The van der Waals surface area contributed by atoms with Crippen LogP contribution in [0.25, 0.3) is 0 Å². The molecule has 6 nitrogen and oxygen atoms in total. The van der Waals surface area contributed by atoms with E-state index in [1.54, 1.807) is 21.0 Å². The molecule has 1 N–H and O–H groups in total. The van der Waals surface area contributed by atoms with Gasteiger partial charge >= 0.3 is 0 Å². The van der Waals surface area contributed by atoms with Crippen LogP contribution in [0.2, 0.25) is 5.15 Å². The number of thioether (sulfide) groups is 1. The number of ether oxygens (including phenoxy) is 1. The Bertz CT molecular complexity index is 754. The smallest absolute Gasteiger partial charge is 0.279 e. The number of carbonyl (C=O) groups excluding carboxylic acids is 2. The van der Waals surface area contributed by atoms with Crippen LogP contribution in [0.15, 0.2) is 22.5 Å². The van der Waals surface area contributed by atoms with Crippen molar-refractivity contribution in [2.75, 3.05) is 19.0 Å². The molecule has 2 aromatic heterocycles. The fourth-order valence-electron chi connectivity index (χ4n) is 1.38. The van der Waals surface area contributed by atoms with Crippen LogP contribution in [0.3, 0.4) is 0 Å². The molecule has 0 fully saturated rings. The summed E-state index contributed by atoms with van der Waals surface area (Å²) in [6, 6.07) is 2.33. The van der Waals surface area contributed by atoms with Crippen LogP contribution in [0.5, 0.6) is 0 Å². The number of amides is 1. The molecule has 0 aromatic carbocycles. The molecular weight excluding hydrogens is 401 g/mol. The molecule has 0 saturated heterocycles. The van der Waals surface area contributed by atoms with E-state index < -0.39 is 22.2 Å². The second-order valence-corrected chi connectivity index (χ2v) is 8.68. The topological polar surface area (TPSA) is 81.2 Å². The quantitative estimate of drug-likeness (QED) is 0.427. The van der Waals surface area contributed by atoms with Crippen molar-refractivity contribution in [1.29, 1.82) is 0 Å². The van der Waals surface area contributed by atoms with Gasteiger partial charge in [0.25, 0.3) is 5.91 Å². The molecule has 142 valence electrons. The number of methoxy groups -OCH3 is 1. The third-order valence-electron chi connectivity index (χ3n) is 2.67. The number of nitrogens with one attached hydrogen (secondary N) is 1. The van der Waals surface area contributed by atoms with Crippen LogP contribution in [0.4, 0.5) is 9.52 Å². The molecule has 2 heterocycles. The second-order valence-electron chi connectivity index (χ2n) is 5.30. The molecule has 2 aromatic rings. The van der Waals surface area contributed by atoms with Gasteiger partial charge in [0, 0.05) is 13.7 Å². The molecule has 0 saturated carbocycles. The molecule has 0 radical (unpaired) electrons. The van der Waals surface area contributed by atoms with Gasteiger partial charge in [-0.05, 0) is 32.9 Å². The lowest BCUT2D eigenvalue weighted by molar-refractivity contribution is -0.109. The van der Waals surface area contributed by atoms with Gasteiger partial charge in [-0.15, -0.1) is 0 Å².